The molecule has 0 aromatic heterocycles. The molecule has 98 valence electrons. The summed E-state index contributed by atoms with van der Waals surface area (Å²) in [4.78, 5) is 7.71. The van der Waals surface area contributed by atoms with Crippen LogP contribution in [-0.2, 0) is 4.79 Å². The van der Waals surface area contributed by atoms with E-state index in [9.17, 15) is 4.79 Å². The quantitative estimate of drug-likeness (QED) is 0.381. The molecule has 1 nitrogen and oxygen atoms in total. The van der Waals surface area contributed by atoms with Crippen LogP contribution in [0, 0.1) is 17.8 Å². The number of carbonyl (C=O) groups excluding carboxylic acids is 1. The highest BCUT2D eigenvalue weighted by molar-refractivity contribution is 6.65. The highest BCUT2D eigenvalue weighted by Crippen LogP contribution is 2.74. The summed E-state index contributed by atoms with van der Waals surface area (Å²) in [5.74, 6) is 4.71. The molecule has 1 fully saturated rings. The van der Waals surface area contributed by atoms with Crippen molar-refractivity contribution >= 4 is 75.9 Å². The lowest BCUT2D eigenvalue weighted by Gasteiger charge is -2.33. The molecule has 7 heteroatoms. The van der Waals surface area contributed by atoms with Gasteiger partial charge in [0.25, 0.3) is 0 Å². The minimum atomic E-state index is -1.51. The lowest BCUT2D eigenvalue weighted by Crippen LogP contribution is -2.44. The topological polar surface area (TPSA) is 17.1 Å². The van der Waals surface area contributed by atoms with Gasteiger partial charge in [0, 0.05) is 6.42 Å². The van der Waals surface area contributed by atoms with E-state index in [1.54, 1.807) is 0 Å². The predicted molar refractivity (Wildman–Crippen MR) is 76.9 cm³/mol. The van der Waals surface area contributed by atoms with E-state index in [2.05, 4.69) is 11.8 Å². The van der Waals surface area contributed by atoms with Crippen LogP contribution >= 0.6 is 69.6 Å². The van der Waals surface area contributed by atoms with Crippen molar-refractivity contribution in [3.05, 3.63) is 10.1 Å². The summed E-state index contributed by atoms with van der Waals surface area (Å²) in [6, 6.07) is 0. The zero-order valence-corrected chi connectivity index (χ0v) is 13.3. The Morgan fingerprint density at radius 3 is 2.28 bits per heavy atom. The Labute approximate surface area is 135 Å². The number of hydrogen-bond acceptors (Lipinski definition) is 1. The van der Waals surface area contributed by atoms with Crippen molar-refractivity contribution in [3.8, 4) is 11.8 Å². The number of allylic oxidation sites excluding steroid dienone is 2. The van der Waals surface area contributed by atoms with Crippen LogP contribution < -0.4 is 0 Å². The molecule has 0 aromatic carbocycles. The van der Waals surface area contributed by atoms with Crippen LogP contribution in [0.25, 0.3) is 0 Å². The first-order chi connectivity index (χ1) is 8.23. The molecule has 0 aliphatic heterocycles. The Morgan fingerprint density at radius 1 is 1.22 bits per heavy atom. The van der Waals surface area contributed by atoms with Gasteiger partial charge in [-0.3, -0.25) is 4.79 Å². The molecule has 18 heavy (non-hydrogen) atoms. The van der Waals surface area contributed by atoms with Gasteiger partial charge < -0.3 is 0 Å². The van der Waals surface area contributed by atoms with Crippen LogP contribution in [-0.4, -0.2) is 20.4 Å². The second-order valence-corrected chi connectivity index (χ2v) is 7.58. The van der Waals surface area contributed by atoms with Crippen LogP contribution in [0.15, 0.2) is 10.1 Å². The van der Waals surface area contributed by atoms with Crippen molar-refractivity contribution in [2.75, 3.05) is 0 Å². The maximum absolute atomic E-state index is 10.2. The maximum Gasteiger partial charge on any atom is 0.192 e. The van der Waals surface area contributed by atoms with Crippen molar-refractivity contribution in [1.29, 1.82) is 0 Å². The normalized spacial score (nSPS) is 40.7. The summed E-state index contributed by atoms with van der Waals surface area (Å²) in [6.45, 7) is 0. The molecule has 2 bridgehead atoms. The molecule has 1 saturated carbocycles. The van der Waals surface area contributed by atoms with Crippen LogP contribution in [0.5, 0.6) is 0 Å². The zero-order valence-electron chi connectivity index (χ0n) is 8.74. The van der Waals surface area contributed by atoms with E-state index in [0.717, 1.165) is 0 Å². The second kappa shape index (κ2) is 4.62. The zero-order chi connectivity index (χ0) is 13.8. The third kappa shape index (κ3) is 1.60. The van der Waals surface area contributed by atoms with Crippen molar-refractivity contribution in [2.24, 2.45) is 5.92 Å². The maximum atomic E-state index is 10.2. The number of carbonyl (C=O) groups is 1. The lowest BCUT2D eigenvalue weighted by molar-refractivity contribution is -0.103. The molecule has 0 saturated heterocycles. The van der Waals surface area contributed by atoms with E-state index >= 15 is 0 Å². The molecule has 3 atom stereocenters. The van der Waals surface area contributed by atoms with Crippen molar-refractivity contribution in [2.45, 2.75) is 26.9 Å². The van der Waals surface area contributed by atoms with Gasteiger partial charge in [-0.05, 0) is 18.3 Å². The average molecular weight is 367 g/mol. The molecular formula is C11H6Cl6O. The molecule has 0 aromatic rings. The molecule has 0 spiro atoms. The van der Waals surface area contributed by atoms with Crippen LogP contribution in [0.3, 0.4) is 0 Å². The van der Waals surface area contributed by atoms with Gasteiger partial charge >= 0.3 is 0 Å². The van der Waals surface area contributed by atoms with E-state index in [4.69, 9.17) is 69.6 Å². The fourth-order valence-electron chi connectivity index (χ4n) is 2.47. The standard InChI is InChI=1S/C11H6Cl6O/c12-7-8(13)10(15)6(3-1-2-4-18)5-9(7,14)11(10,16)17/h4,6H,3,5H2. The second-order valence-electron chi connectivity index (χ2n) is 4.26. The Kier molecular flexibility index (Phi) is 3.88. The largest absolute Gasteiger partial charge is 0.289 e. The summed E-state index contributed by atoms with van der Waals surface area (Å²) in [5.41, 5.74) is 0. The molecule has 0 N–H and O–H groups in total. The molecule has 3 unspecified atom stereocenters. The van der Waals surface area contributed by atoms with Gasteiger partial charge in [0.05, 0.1) is 10.1 Å². The number of aldehydes is 1. The molecule has 2 aliphatic carbocycles. The Morgan fingerprint density at radius 2 is 1.83 bits per heavy atom. The minimum Gasteiger partial charge on any atom is -0.289 e. The van der Waals surface area contributed by atoms with Crippen molar-refractivity contribution in [3.63, 3.8) is 0 Å². The molecule has 2 rings (SSSR count). The van der Waals surface area contributed by atoms with Crippen molar-refractivity contribution in [1.82, 2.24) is 0 Å². The molecular weight excluding hydrogens is 361 g/mol. The lowest BCUT2D eigenvalue weighted by atomic mass is 9.89. The highest BCUT2D eigenvalue weighted by Gasteiger charge is 2.77. The van der Waals surface area contributed by atoms with Gasteiger partial charge in [-0.15, -0.1) is 23.2 Å². The molecule has 0 heterocycles. The van der Waals surface area contributed by atoms with Crippen LogP contribution in [0.2, 0.25) is 0 Å². The first kappa shape index (κ1) is 15.1. The van der Waals surface area contributed by atoms with Gasteiger partial charge in [0.2, 0.25) is 0 Å². The van der Waals surface area contributed by atoms with Gasteiger partial charge in [0.1, 0.15) is 9.75 Å². The third-order valence-electron chi connectivity index (χ3n) is 3.41. The highest BCUT2D eigenvalue weighted by atomic mass is 35.5. The summed E-state index contributed by atoms with van der Waals surface area (Å²) in [7, 11) is 0. The average Bonchev–Trinajstić information content (AvgIpc) is 2.52. The van der Waals surface area contributed by atoms with Gasteiger partial charge in [-0.25, -0.2) is 0 Å². The summed E-state index contributed by atoms with van der Waals surface area (Å²) in [6.07, 6.45) is 1.18. The number of hydrogen-bond donors (Lipinski definition) is 0. The first-order valence-corrected chi connectivity index (χ1v) is 7.24. The fraction of sp³-hybridized carbons (Fsp3) is 0.545. The van der Waals surface area contributed by atoms with Gasteiger partial charge in [-0.1, -0.05) is 52.3 Å². The summed E-state index contributed by atoms with van der Waals surface area (Å²) >= 11 is 37.6. The molecule has 0 radical (unpaired) electrons. The third-order valence-corrected chi connectivity index (χ3v) is 7.74. The van der Waals surface area contributed by atoms with Crippen LogP contribution in [0.4, 0.5) is 0 Å². The summed E-state index contributed by atoms with van der Waals surface area (Å²) in [5, 5.41) is 0.348. The van der Waals surface area contributed by atoms with E-state index in [1.807, 2.05) is 0 Å². The predicted octanol–water partition coefficient (Wildman–Crippen LogP) is 4.43. The smallest absolute Gasteiger partial charge is 0.192 e. The van der Waals surface area contributed by atoms with Crippen LogP contribution in [0.1, 0.15) is 12.8 Å². The van der Waals surface area contributed by atoms with Gasteiger partial charge in [0.15, 0.2) is 10.6 Å². The van der Waals surface area contributed by atoms with Gasteiger partial charge in [-0.2, -0.15) is 0 Å². The van der Waals surface area contributed by atoms with Crippen molar-refractivity contribution < 1.29 is 4.79 Å². The number of alkyl halides is 4. The number of rotatable bonds is 1. The first-order valence-electron chi connectivity index (χ1n) is 4.97. The monoisotopic (exact) mass is 364 g/mol. The number of halogens is 6. The minimum absolute atomic E-state index is 0.162. The Balaban J connectivity index is 2.46. The van der Waals surface area contributed by atoms with E-state index in [-0.39, 0.29) is 16.0 Å². The molecule has 2 aliphatic rings. The Bertz CT molecular complexity index is 501. The van der Waals surface area contributed by atoms with E-state index < -0.39 is 14.1 Å². The number of fused-ring (bicyclic) bond motifs is 2. The SMILES string of the molecule is O=CC#CCC1CC2(Cl)C(Cl)=C(Cl)C1(Cl)C2(Cl)Cl. The Hall–Kier alpha value is 0.710. The summed E-state index contributed by atoms with van der Waals surface area (Å²) < 4.78 is -1.51. The van der Waals surface area contributed by atoms with E-state index in [1.165, 1.54) is 0 Å². The molecule has 0 amide bonds. The fourth-order valence-corrected chi connectivity index (χ4v) is 5.31. The van der Waals surface area contributed by atoms with E-state index in [0.29, 0.717) is 19.1 Å².